The van der Waals surface area contributed by atoms with Crippen LogP contribution in [0.25, 0.3) is 10.9 Å². The lowest BCUT2D eigenvalue weighted by Gasteiger charge is -2.11. The Kier molecular flexibility index (Phi) is 4.02. The molecule has 0 aliphatic carbocycles. The van der Waals surface area contributed by atoms with E-state index in [1.807, 2.05) is 6.07 Å². The molecule has 0 amide bonds. The number of ether oxygens (including phenoxy) is 2. The van der Waals surface area contributed by atoms with Gasteiger partial charge in [0, 0.05) is 11.9 Å². The maximum Gasteiger partial charge on any atom is 0.348 e. The summed E-state index contributed by atoms with van der Waals surface area (Å²) in [4.78, 5) is 27.2. The fourth-order valence-corrected chi connectivity index (χ4v) is 2.06. The molecule has 2 aromatic rings. The number of aromatic nitrogens is 2. The lowest BCUT2D eigenvalue weighted by atomic mass is 10.2. The molecule has 0 saturated carbocycles. The van der Waals surface area contributed by atoms with E-state index in [4.69, 9.17) is 4.74 Å². The lowest BCUT2D eigenvalue weighted by molar-refractivity contribution is -0.140. The highest BCUT2D eigenvalue weighted by Gasteiger charge is 2.10. The minimum Gasteiger partial charge on any atom is -0.497 e. The molecule has 0 atom stereocenters. The molecule has 1 heterocycles. The van der Waals surface area contributed by atoms with E-state index in [-0.39, 0.29) is 24.6 Å². The highest BCUT2D eigenvalue weighted by Crippen LogP contribution is 2.21. The van der Waals surface area contributed by atoms with Crippen LogP contribution in [-0.2, 0) is 16.1 Å². The molecule has 0 radical (unpaired) electrons. The van der Waals surface area contributed by atoms with Crippen molar-refractivity contribution in [1.29, 1.82) is 0 Å². The summed E-state index contributed by atoms with van der Waals surface area (Å²) in [5.41, 5.74) is 0.995. The van der Waals surface area contributed by atoms with Crippen LogP contribution >= 0.6 is 0 Å². The largest absolute Gasteiger partial charge is 0.497 e. The van der Waals surface area contributed by atoms with E-state index in [2.05, 4.69) is 9.72 Å². The van der Waals surface area contributed by atoms with Gasteiger partial charge in [-0.3, -0.25) is 9.36 Å². The molecule has 0 unspecified atom stereocenters. The highest BCUT2D eigenvalue weighted by atomic mass is 16.5. The molecule has 0 bridgehead atoms. The van der Waals surface area contributed by atoms with Gasteiger partial charge in [0.15, 0.2) is 0 Å². The van der Waals surface area contributed by atoms with E-state index in [1.54, 1.807) is 26.2 Å². The molecular formula is C14H16N2O4. The second-order valence-corrected chi connectivity index (χ2v) is 4.34. The van der Waals surface area contributed by atoms with E-state index < -0.39 is 0 Å². The number of carbonyl (C=O) groups excluding carboxylic acids is 1. The Morgan fingerprint density at radius 2 is 2.10 bits per heavy atom. The monoisotopic (exact) mass is 276 g/mol. The Morgan fingerprint density at radius 1 is 1.35 bits per heavy atom. The van der Waals surface area contributed by atoms with Gasteiger partial charge >= 0.3 is 11.7 Å². The van der Waals surface area contributed by atoms with Crippen molar-refractivity contribution in [1.82, 2.24) is 9.55 Å². The molecule has 0 N–H and O–H groups in total. The van der Waals surface area contributed by atoms with E-state index in [1.165, 1.54) is 11.7 Å². The summed E-state index contributed by atoms with van der Waals surface area (Å²) in [6.45, 7) is 2.01. The number of fused-ring (bicyclic) bond motifs is 1. The van der Waals surface area contributed by atoms with Crippen LogP contribution in [0.15, 0.2) is 23.0 Å². The van der Waals surface area contributed by atoms with Gasteiger partial charge in [-0.25, -0.2) is 4.79 Å². The van der Waals surface area contributed by atoms with Crippen molar-refractivity contribution in [2.24, 2.45) is 0 Å². The first-order valence-corrected chi connectivity index (χ1v) is 6.19. The molecule has 1 aromatic heterocycles. The number of aryl methyl sites for hydroxylation is 2. The standard InChI is InChI=1S/C14H16N2O4/c1-9-11-8-10(19-2)4-5-12(11)16(14(18)15-9)7-6-13(17)20-3/h4-5,8H,6-7H2,1-3H3. The summed E-state index contributed by atoms with van der Waals surface area (Å²) >= 11 is 0. The first-order chi connectivity index (χ1) is 9.56. The van der Waals surface area contributed by atoms with E-state index in [0.717, 1.165) is 10.9 Å². The van der Waals surface area contributed by atoms with Gasteiger partial charge in [0.25, 0.3) is 0 Å². The average Bonchev–Trinajstić information content (AvgIpc) is 2.46. The zero-order chi connectivity index (χ0) is 14.7. The number of nitrogens with zero attached hydrogens (tertiary/aromatic N) is 2. The Hall–Kier alpha value is -2.37. The summed E-state index contributed by atoms with van der Waals surface area (Å²) in [6, 6.07) is 5.39. The molecule has 0 spiro atoms. The van der Waals surface area contributed by atoms with Gasteiger partial charge in [-0.1, -0.05) is 0 Å². The molecule has 106 valence electrons. The number of hydrogen-bond donors (Lipinski definition) is 0. The second-order valence-electron chi connectivity index (χ2n) is 4.34. The van der Waals surface area contributed by atoms with Crippen LogP contribution < -0.4 is 10.4 Å². The third-order valence-corrected chi connectivity index (χ3v) is 3.15. The third kappa shape index (κ3) is 2.64. The number of rotatable bonds is 4. The van der Waals surface area contributed by atoms with Crippen molar-refractivity contribution < 1.29 is 14.3 Å². The zero-order valence-corrected chi connectivity index (χ0v) is 11.7. The molecular weight excluding hydrogens is 260 g/mol. The first-order valence-electron chi connectivity index (χ1n) is 6.19. The molecule has 2 rings (SSSR count). The van der Waals surface area contributed by atoms with Crippen molar-refractivity contribution in [3.63, 3.8) is 0 Å². The van der Waals surface area contributed by atoms with Crippen LogP contribution in [0.5, 0.6) is 5.75 Å². The van der Waals surface area contributed by atoms with Gasteiger partial charge in [0.05, 0.1) is 31.9 Å². The fourth-order valence-electron chi connectivity index (χ4n) is 2.06. The van der Waals surface area contributed by atoms with E-state index in [9.17, 15) is 9.59 Å². The maximum atomic E-state index is 12.0. The van der Waals surface area contributed by atoms with Gasteiger partial charge in [-0.15, -0.1) is 0 Å². The quantitative estimate of drug-likeness (QED) is 0.787. The molecule has 1 aromatic carbocycles. The van der Waals surface area contributed by atoms with Crippen LogP contribution in [0.3, 0.4) is 0 Å². The van der Waals surface area contributed by atoms with Gasteiger partial charge in [0.1, 0.15) is 5.75 Å². The van der Waals surface area contributed by atoms with Crippen LogP contribution in [0.4, 0.5) is 0 Å². The van der Waals surface area contributed by atoms with Crippen LogP contribution in [0.2, 0.25) is 0 Å². The first kappa shape index (κ1) is 14.0. The zero-order valence-electron chi connectivity index (χ0n) is 11.7. The predicted molar refractivity (Wildman–Crippen MR) is 73.9 cm³/mol. The SMILES string of the molecule is COC(=O)CCn1c(=O)nc(C)c2cc(OC)ccc21. The summed E-state index contributed by atoms with van der Waals surface area (Å²) in [5.74, 6) is 0.333. The fraction of sp³-hybridized carbons (Fsp3) is 0.357. The van der Waals surface area contributed by atoms with Gasteiger partial charge < -0.3 is 9.47 Å². The van der Waals surface area contributed by atoms with Gasteiger partial charge in [-0.2, -0.15) is 4.98 Å². The summed E-state index contributed by atoms with van der Waals surface area (Å²) in [6.07, 6.45) is 0.127. The molecule has 20 heavy (non-hydrogen) atoms. The van der Waals surface area contributed by atoms with Crippen LogP contribution in [0.1, 0.15) is 12.1 Å². The second kappa shape index (κ2) is 5.73. The van der Waals surface area contributed by atoms with E-state index >= 15 is 0 Å². The Labute approximate surface area is 116 Å². The normalized spacial score (nSPS) is 10.6. The predicted octanol–water partition coefficient (Wildman–Crippen LogP) is 1.28. The lowest BCUT2D eigenvalue weighted by Crippen LogP contribution is -2.25. The van der Waals surface area contributed by atoms with Crippen molar-refractivity contribution in [3.05, 3.63) is 34.4 Å². The van der Waals surface area contributed by atoms with Gasteiger partial charge in [0.2, 0.25) is 0 Å². The van der Waals surface area contributed by atoms with E-state index in [0.29, 0.717) is 11.4 Å². The smallest absolute Gasteiger partial charge is 0.348 e. The molecule has 6 nitrogen and oxygen atoms in total. The Bertz CT molecular complexity index is 706. The van der Waals surface area contributed by atoms with Crippen molar-refractivity contribution in [2.45, 2.75) is 19.9 Å². The maximum absolute atomic E-state index is 12.0. The number of esters is 1. The molecule has 0 aliphatic heterocycles. The minimum atomic E-state index is -0.371. The van der Waals surface area contributed by atoms with Crippen molar-refractivity contribution in [3.8, 4) is 5.75 Å². The summed E-state index contributed by atoms with van der Waals surface area (Å²) in [5, 5.41) is 0.828. The average molecular weight is 276 g/mol. The summed E-state index contributed by atoms with van der Waals surface area (Å²) in [7, 11) is 2.90. The number of benzene rings is 1. The van der Waals surface area contributed by atoms with Crippen molar-refractivity contribution in [2.75, 3.05) is 14.2 Å². The van der Waals surface area contributed by atoms with Crippen LogP contribution in [-0.4, -0.2) is 29.7 Å². The molecule has 6 heteroatoms. The topological polar surface area (TPSA) is 70.4 Å². The molecule has 0 aliphatic rings. The van der Waals surface area contributed by atoms with Crippen LogP contribution in [0, 0.1) is 6.92 Å². The number of methoxy groups -OCH3 is 2. The third-order valence-electron chi connectivity index (χ3n) is 3.15. The minimum absolute atomic E-state index is 0.127. The highest BCUT2D eigenvalue weighted by molar-refractivity contribution is 5.82. The molecule has 0 fully saturated rings. The number of carbonyl (C=O) groups is 1. The Morgan fingerprint density at radius 3 is 2.75 bits per heavy atom. The summed E-state index contributed by atoms with van der Waals surface area (Å²) < 4.78 is 11.2. The van der Waals surface area contributed by atoms with Gasteiger partial charge in [-0.05, 0) is 25.1 Å². The molecule has 0 saturated heterocycles. The van der Waals surface area contributed by atoms with Crippen molar-refractivity contribution >= 4 is 16.9 Å². The number of hydrogen-bond acceptors (Lipinski definition) is 5. The Balaban J connectivity index is 2.53.